The van der Waals surface area contributed by atoms with Gasteiger partial charge >= 0.3 is 5.97 Å². The van der Waals surface area contributed by atoms with E-state index in [0.29, 0.717) is 6.61 Å². The minimum atomic E-state index is -0.342. The van der Waals surface area contributed by atoms with Gasteiger partial charge in [-0.15, -0.1) is 0 Å². The van der Waals surface area contributed by atoms with Crippen LogP contribution in [-0.2, 0) is 21.0 Å². The molecule has 116 valence electrons. The second-order valence-corrected chi connectivity index (χ2v) is 5.59. The Morgan fingerprint density at radius 1 is 1.14 bits per heavy atom. The van der Waals surface area contributed by atoms with E-state index >= 15 is 0 Å². The lowest BCUT2D eigenvalue weighted by atomic mass is 9.90. The van der Waals surface area contributed by atoms with E-state index < -0.39 is 0 Å². The lowest BCUT2D eigenvalue weighted by Gasteiger charge is -2.20. The number of nitrogens with one attached hydrogen (secondary N) is 1. The van der Waals surface area contributed by atoms with Crippen molar-refractivity contribution in [1.29, 1.82) is 0 Å². The Kier molecular flexibility index (Phi) is 6.21. The molecule has 4 nitrogen and oxygen atoms in total. The number of hydrogen-bond acceptors (Lipinski definition) is 4. The second kappa shape index (κ2) is 8.15. The number of esters is 1. The highest BCUT2D eigenvalue weighted by Gasteiger charge is 2.43. The Balaban J connectivity index is 1.89. The van der Waals surface area contributed by atoms with E-state index in [0.717, 1.165) is 31.2 Å². The first-order valence-electron chi connectivity index (χ1n) is 7.88. The molecule has 1 saturated heterocycles. The van der Waals surface area contributed by atoms with Crippen LogP contribution in [0.3, 0.4) is 0 Å². The average Bonchev–Trinajstić information content (AvgIpc) is 2.78. The van der Waals surface area contributed by atoms with E-state index in [1.165, 1.54) is 0 Å². The molecular formula is C17H25NO3. The molecule has 1 aliphatic heterocycles. The molecule has 0 bridgehead atoms. The maximum Gasteiger partial charge on any atom is 0.326 e. The fraction of sp³-hybridized carbons (Fsp3) is 0.588. The average molecular weight is 291 g/mol. The minimum absolute atomic E-state index is 0.0280. The fourth-order valence-electron chi connectivity index (χ4n) is 2.87. The third kappa shape index (κ3) is 4.29. The molecule has 1 heterocycles. The lowest BCUT2D eigenvalue weighted by molar-refractivity contribution is -0.146. The molecule has 0 saturated carbocycles. The van der Waals surface area contributed by atoms with Crippen molar-refractivity contribution in [3.63, 3.8) is 0 Å². The van der Waals surface area contributed by atoms with Gasteiger partial charge in [0.15, 0.2) is 0 Å². The first-order chi connectivity index (χ1) is 10.3. The van der Waals surface area contributed by atoms with Crippen molar-refractivity contribution in [3.8, 4) is 0 Å². The lowest BCUT2D eigenvalue weighted by Crippen LogP contribution is -2.39. The van der Waals surface area contributed by atoms with Crippen LogP contribution in [0.1, 0.15) is 45.1 Å². The van der Waals surface area contributed by atoms with E-state index in [1.807, 2.05) is 30.3 Å². The van der Waals surface area contributed by atoms with Crippen molar-refractivity contribution in [3.05, 3.63) is 35.9 Å². The number of hydroxylamine groups is 1. The Labute approximate surface area is 126 Å². The molecule has 1 N–H and O–H groups in total. The zero-order valence-corrected chi connectivity index (χ0v) is 12.9. The van der Waals surface area contributed by atoms with Crippen LogP contribution < -0.4 is 5.48 Å². The quantitative estimate of drug-likeness (QED) is 0.590. The summed E-state index contributed by atoms with van der Waals surface area (Å²) in [5, 5.41) is 0. The summed E-state index contributed by atoms with van der Waals surface area (Å²) < 4.78 is 5.50. The van der Waals surface area contributed by atoms with Gasteiger partial charge in [0, 0.05) is 5.92 Å². The van der Waals surface area contributed by atoms with Gasteiger partial charge in [-0.25, -0.2) is 0 Å². The third-order valence-corrected chi connectivity index (χ3v) is 3.91. The van der Waals surface area contributed by atoms with E-state index in [9.17, 15) is 4.79 Å². The van der Waals surface area contributed by atoms with Gasteiger partial charge in [0.1, 0.15) is 12.1 Å². The largest absolute Gasteiger partial charge is 0.461 e. The maximum atomic E-state index is 12.0. The van der Waals surface area contributed by atoms with Crippen molar-refractivity contribution >= 4 is 5.97 Å². The molecule has 0 amide bonds. The van der Waals surface area contributed by atoms with Gasteiger partial charge < -0.3 is 4.74 Å². The minimum Gasteiger partial charge on any atom is -0.461 e. The predicted molar refractivity (Wildman–Crippen MR) is 81.3 cm³/mol. The molecule has 21 heavy (non-hydrogen) atoms. The summed E-state index contributed by atoms with van der Waals surface area (Å²) in [6, 6.07) is 9.57. The number of rotatable bonds is 8. The van der Waals surface area contributed by atoms with Gasteiger partial charge in [-0.05, 0) is 18.4 Å². The Morgan fingerprint density at radius 3 is 2.52 bits per heavy atom. The van der Waals surface area contributed by atoms with E-state index in [1.54, 1.807) is 0 Å². The number of carbonyl (C=O) groups excluding carboxylic acids is 1. The van der Waals surface area contributed by atoms with Crippen molar-refractivity contribution < 1.29 is 14.4 Å². The van der Waals surface area contributed by atoms with Crippen LogP contribution in [-0.4, -0.2) is 18.1 Å². The molecule has 3 atom stereocenters. The molecule has 0 radical (unpaired) electrons. The van der Waals surface area contributed by atoms with Crippen LogP contribution in [0, 0.1) is 5.92 Å². The van der Waals surface area contributed by atoms with Gasteiger partial charge in [-0.2, -0.15) is 5.48 Å². The van der Waals surface area contributed by atoms with Gasteiger partial charge in [0.25, 0.3) is 0 Å². The SMILES string of the molecule is CCC[C@@H]1[C@H](NOCc2ccccc2)C(=O)O[C@@H]1CCC. The monoisotopic (exact) mass is 291 g/mol. The molecule has 0 aliphatic carbocycles. The van der Waals surface area contributed by atoms with Crippen LogP contribution in [0.5, 0.6) is 0 Å². The summed E-state index contributed by atoms with van der Waals surface area (Å²) in [7, 11) is 0. The maximum absolute atomic E-state index is 12.0. The summed E-state index contributed by atoms with van der Waals surface area (Å²) in [6.45, 7) is 4.69. The van der Waals surface area contributed by atoms with Crippen molar-refractivity contribution in [2.45, 2.75) is 58.3 Å². The third-order valence-electron chi connectivity index (χ3n) is 3.91. The van der Waals surface area contributed by atoms with E-state index in [2.05, 4.69) is 19.3 Å². The molecule has 1 aromatic rings. The first kappa shape index (κ1) is 16.0. The summed E-state index contributed by atoms with van der Waals surface area (Å²) in [6.07, 6.45) is 3.99. The molecule has 1 aromatic carbocycles. The highest BCUT2D eigenvalue weighted by atomic mass is 16.7. The molecule has 1 fully saturated rings. The zero-order valence-electron chi connectivity index (χ0n) is 12.9. The van der Waals surface area contributed by atoms with Gasteiger partial charge in [-0.3, -0.25) is 9.63 Å². The molecule has 0 aromatic heterocycles. The Morgan fingerprint density at radius 2 is 1.86 bits per heavy atom. The van der Waals surface area contributed by atoms with Gasteiger partial charge in [0.2, 0.25) is 0 Å². The topological polar surface area (TPSA) is 47.6 Å². The van der Waals surface area contributed by atoms with Crippen LogP contribution in [0.25, 0.3) is 0 Å². The zero-order chi connectivity index (χ0) is 15.1. The summed E-state index contributed by atoms with van der Waals surface area (Å²) >= 11 is 0. The van der Waals surface area contributed by atoms with Crippen molar-refractivity contribution in [1.82, 2.24) is 5.48 Å². The predicted octanol–water partition coefficient (Wildman–Crippen LogP) is 3.22. The molecule has 0 spiro atoms. The molecule has 1 aliphatic rings. The highest BCUT2D eigenvalue weighted by molar-refractivity contribution is 5.78. The molecule has 0 unspecified atom stereocenters. The smallest absolute Gasteiger partial charge is 0.326 e. The van der Waals surface area contributed by atoms with Gasteiger partial charge in [0.05, 0.1) is 6.61 Å². The van der Waals surface area contributed by atoms with Crippen LogP contribution >= 0.6 is 0 Å². The van der Waals surface area contributed by atoms with Gasteiger partial charge in [-0.1, -0.05) is 57.0 Å². The number of ether oxygens (including phenoxy) is 1. The standard InChI is InChI=1S/C17H25NO3/c1-3-8-14-15(9-4-2)21-17(19)16(14)18-20-12-13-10-6-5-7-11-13/h5-7,10-11,14-16,18H,3-4,8-9,12H2,1-2H3/t14-,15+,16-/m0/s1. The number of carbonyl (C=O) groups is 1. The van der Waals surface area contributed by atoms with Crippen molar-refractivity contribution in [2.75, 3.05) is 0 Å². The molecule has 2 rings (SSSR count). The second-order valence-electron chi connectivity index (χ2n) is 5.59. The fourth-order valence-corrected chi connectivity index (χ4v) is 2.87. The number of cyclic esters (lactones) is 1. The highest BCUT2D eigenvalue weighted by Crippen LogP contribution is 2.30. The number of hydrogen-bond donors (Lipinski definition) is 1. The summed E-state index contributed by atoms with van der Waals surface area (Å²) in [5.74, 6) is 0.0261. The van der Waals surface area contributed by atoms with Crippen LogP contribution in [0.2, 0.25) is 0 Å². The Hall–Kier alpha value is -1.39. The van der Waals surface area contributed by atoms with Crippen LogP contribution in [0.15, 0.2) is 30.3 Å². The van der Waals surface area contributed by atoms with E-state index in [4.69, 9.17) is 9.57 Å². The summed E-state index contributed by atoms with van der Waals surface area (Å²) in [4.78, 5) is 17.5. The van der Waals surface area contributed by atoms with Crippen molar-refractivity contribution in [2.24, 2.45) is 5.92 Å². The number of benzene rings is 1. The Bertz CT molecular complexity index is 435. The van der Waals surface area contributed by atoms with E-state index in [-0.39, 0.29) is 24.0 Å². The van der Waals surface area contributed by atoms with Crippen LogP contribution in [0.4, 0.5) is 0 Å². The summed E-state index contributed by atoms with van der Waals surface area (Å²) in [5.41, 5.74) is 4.01. The normalized spacial score (nSPS) is 25.0. The molecular weight excluding hydrogens is 266 g/mol. The molecule has 4 heteroatoms. The first-order valence-corrected chi connectivity index (χ1v) is 7.88.